The van der Waals surface area contributed by atoms with Crippen molar-refractivity contribution in [2.45, 2.75) is 77.2 Å². The van der Waals surface area contributed by atoms with Gasteiger partial charge in [-0.05, 0) is 118 Å². The predicted octanol–water partition coefficient (Wildman–Crippen LogP) is 12.7. The van der Waals surface area contributed by atoms with Crippen molar-refractivity contribution >= 4 is 27.5 Å². The molecule has 0 amide bonds. The standard InChI is InChI=1S/C10H9F6N.C8H9BrFN.C8H9ClFN.C8H9F2N.C8H10FN/c1-5(17)7-3-2-6(9(11,12)13)4-8(7)10(14,15)16;1-5(11)7-3-2-6(9)4-8(7)10;1-5(11)7-3-2-6(10)4-8(7)9;1-5(11)6-2-3-7(9)8(10)4-6;1-6(10)7-3-2-4-8(9)5-7/h2-5H,17H2,1H3;3*2-5H,11H2,1H3;2-6H,10H2,1H3. The van der Waals surface area contributed by atoms with Crippen molar-refractivity contribution in [2.24, 2.45) is 28.7 Å². The molecule has 0 aliphatic heterocycles. The van der Waals surface area contributed by atoms with E-state index in [0.717, 1.165) is 33.8 Å². The molecule has 0 spiro atoms. The van der Waals surface area contributed by atoms with E-state index < -0.39 is 41.2 Å². The second-order valence-corrected chi connectivity index (χ2v) is 14.6. The van der Waals surface area contributed by atoms with Crippen LogP contribution in [0, 0.1) is 29.1 Å². The van der Waals surface area contributed by atoms with Crippen LogP contribution >= 0.6 is 27.5 Å². The predicted molar refractivity (Wildman–Crippen MR) is 218 cm³/mol. The molecule has 0 bridgehead atoms. The monoisotopic (exact) mass is 943 g/mol. The van der Waals surface area contributed by atoms with E-state index in [2.05, 4.69) is 15.9 Å². The summed E-state index contributed by atoms with van der Waals surface area (Å²) in [6.07, 6.45) is -9.67. The summed E-state index contributed by atoms with van der Waals surface area (Å²) in [6, 6.07) is 18.8. The first-order valence-electron chi connectivity index (χ1n) is 17.7. The van der Waals surface area contributed by atoms with E-state index in [9.17, 15) is 48.3 Å². The molecule has 0 radical (unpaired) electrons. The SMILES string of the molecule is CC(N)c1ccc(Br)cc1F.CC(N)c1ccc(C(F)(F)F)cc1C(F)(F)F.CC(N)c1ccc(F)c(F)c1.CC(N)c1ccc(F)cc1Cl.CC(N)c1cccc(F)c1. The number of alkyl halides is 6. The Kier molecular flexibility index (Phi) is 21.9. The zero-order valence-corrected chi connectivity index (χ0v) is 35.3. The van der Waals surface area contributed by atoms with E-state index in [1.807, 2.05) is 13.0 Å². The van der Waals surface area contributed by atoms with E-state index in [0.29, 0.717) is 22.2 Å². The Morgan fingerprint density at radius 1 is 0.467 bits per heavy atom. The van der Waals surface area contributed by atoms with Crippen LogP contribution in [0.5, 0.6) is 0 Å². The summed E-state index contributed by atoms with van der Waals surface area (Å²) in [5.41, 5.74) is 27.0. The maximum absolute atomic E-state index is 13.0. The summed E-state index contributed by atoms with van der Waals surface area (Å²) in [5, 5.41) is 0.389. The van der Waals surface area contributed by atoms with Gasteiger partial charge in [0.2, 0.25) is 0 Å². The first-order chi connectivity index (χ1) is 27.6. The van der Waals surface area contributed by atoms with Crippen molar-refractivity contribution < 1.29 is 48.3 Å². The van der Waals surface area contributed by atoms with Gasteiger partial charge in [-0.25, -0.2) is 22.0 Å². The molecule has 0 heterocycles. The molecule has 0 saturated carbocycles. The minimum atomic E-state index is -4.86. The number of halogens is 13. The maximum Gasteiger partial charge on any atom is 0.416 e. The molecular weight excluding hydrogens is 899 g/mol. The number of benzene rings is 5. The fourth-order valence-electron chi connectivity index (χ4n) is 4.70. The van der Waals surface area contributed by atoms with Crippen molar-refractivity contribution in [3.8, 4) is 0 Å². The molecule has 0 saturated heterocycles. The summed E-state index contributed by atoms with van der Waals surface area (Å²) >= 11 is 8.87. The Bertz CT molecular complexity index is 2040. The number of hydrogen-bond donors (Lipinski definition) is 5. The Labute approximate surface area is 355 Å². The molecule has 330 valence electrons. The second kappa shape index (κ2) is 24.4. The number of rotatable bonds is 5. The van der Waals surface area contributed by atoms with Gasteiger partial charge in [-0.2, -0.15) is 26.3 Å². The van der Waals surface area contributed by atoms with Gasteiger partial charge in [-0.1, -0.05) is 63.9 Å². The molecule has 60 heavy (non-hydrogen) atoms. The molecule has 0 fully saturated rings. The minimum absolute atomic E-state index is 0.0820. The molecule has 0 aromatic heterocycles. The average molecular weight is 945 g/mol. The van der Waals surface area contributed by atoms with Crippen LogP contribution in [-0.2, 0) is 12.4 Å². The van der Waals surface area contributed by atoms with Gasteiger partial charge in [-0.15, -0.1) is 0 Å². The van der Waals surface area contributed by atoms with Gasteiger partial charge in [0.25, 0.3) is 0 Å². The van der Waals surface area contributed by atoms with Crippen molar-refractivity contribution in [1.82, 2.24) is 0 Å². The lowest BCUT2D eigenvalue weighted by Gasteiger charge is -2.17. The third-order valence-electron chi connectivity index (χ3n) is 7.93. The zero-order valence-electron chi connectivity index (χ0n) is 32.9. The Hall–Kier alpha value is -4.10. The third kappa shape index (κ3) is 18.7. The first-order valence-corrected chi connectivity index (χ1v) is 18.9. The van der Waals surface area contributed by atoms with E-state index in [1.54, 1.807) is 45.0 Å². The van der Waals surface area contributed by atoms with Crippen molar-refractivity contribution in [1.29, 1.82) is 0 Å². The van der Waals surface area contributed by atoms with Crippen LogP contribution in [0.15, 0.2) is 102 Å². The van der Waals surface area contributed by atoms with E-state index in [1.165, 1.54) is 43.3 Å². The summed E-state index contributed by atoms with van der Waals surface area (Å²) in [6.45, 7) is 8.38. The molecule has 5 unspecified atom stereocenters. The highest BCUT2D eigenvalue weighted by Crippen LogP contribution is 2.38. The lowest BCUT2D eigenvalue weighted by atomic mass is 9.98. The topological polar surface area (TPSA) is 130 Å². The van der Waals surface area contributed by atoms with Crippen LogP contribution in [0.2, 0.25) is 5.02 Å². The summed E-state index contributed by atoms with van der Waals surface area (Å²) in [7, 11) is 0. The van der Waals surface area contributed by atoms with Crippen LogP contribution in [-0.4, -0.2) is 0 Å². The van der Waals surface area contributed by atoms with E-state index in [4.69, 9.17) is 40.3 Å². The minimum Gasteiger partial charge on any atom is -0.324 e. The molecule has 10 N–H and O–H groups in total. The molecule has 5 aromatic rings. The molecule has 5 aromatic carbocycles. The summed E-state index contributed by atoms with van der Waals surface area (Å²) in [5.74, 6) is -2.50. The highest BCUT2D eigenvalue weighted by molar-refractivity contribution is 9.10. The van der Waals surface area contributed by atoms with Crippen LogP contribution in [0.25, 0.3) is 0 Å². The molecule has 18 heteroatoms. The highest BCUT2D eigenvalue weighted by Gasteiger charge is 2.38. The Morgan fingerprint density at radius 2 is 0.967 bits per heavy atom. The van der Waals surface area contributed by atoms with Crippen molar-refractivity contribution in [2.75, 3.05) is 0 Å². The normalized spacial score (nSPS) is 13.6. The Balaban J connectivity index is 0.000000381. The number of hydrogen-bond acceptors (Lipinski definition) is 5. The highest BCUT2D eigenvalue weighted by atomic mass is 79.9. The first kappa shape index (κ1) is 53.9. The molecular formula is C42H46BrClF11N5. The fourth-order valence-corrected chi connectivity index (χ4v) is 5.37. The van der Waals surface area contributed by atoms with Gasteiger partial charge >= 0.3 is 12.4 Å². The quantitative estimate of drug-likeness (QED) is 0.112. The lowest BCUT2D eigenvalue weighted by molar-refractivity contribution is -0.143. The van der Waals surface area contributed by atoms with Crippen LogP contribution in [0.1, 0.15) is 104 Å². The van der Waals surface area contributed by atoms with E-state index in [-0.39, 0.29) is 53.2 Å². The van der Waals surface area contributed by atoms with Crippen molar-refractivity contribution in [3.63, 3.8) is 0 Å². The van der Waals surface area contributed by atoms with Crippen LogP contribution in [0.4, 0.5) is 48.3 Å². The molecule has 5 atom stereocenters. The fraction of sp³-hybridized carbons (Fsp3) is 0.286. The van der Waals surface area contributed by atoms with Crippen LogP contribution in [0.3, 0.4) is 0 Å². The van der Waals surface area contributed by atoms with Gasteiger partial charge in [0.15, 0.2) is 11.6 Å². The van der Waals surface area contributed by atoms with Gasteiger partial charge < -0.3 is 28.7 Å². The summed E-state index contributed by atoms with van der Waals surface area (Å²) in [4.78, 5) is 0. The molecule has 5 rings (SSSR count). The van der Waals surface area contributed by atoms with Crippen molar-refractivity contribution in [3.05, 3.63) is 175 Å². The molecule has 5 nitrogen and oxygen atoms in total. The van der Waals surface area contributed by atoms with Gasteiger partial charge in [0.1, 0.15) is 17.5 Å². The summed E-state index contributed by atoms with van der Waals surface area (Å²) < 4.78 is 138. The van der Waals surface area contributed by atoms with Crippen LogP contribution < -0.4 is 28.7 Å². The van der Waals surface area contributed by atoms with Gasteiger partial charge in [-0.3, -0.25) is 0 Å². The average Bonchev–Trinajstić information content (AvgIpc) is 3.12. The third-order valence-corrected chi connectivity index (χ3v) is 8.75. The Morgan fingerprint density at radius 3 is 1.38 bits per heavy atom. The smallest absolute Gasteiger partial charge is 0.324 e. The zero-order chi connectivity index (χ0) is 46.3. The number of nitrogens with two attached hydrogens (primary N) is 5. The maximum atomic E-state index is 13.0. The lowest BCUT2D eigenvalue weighted by Crippen LogP contribution is -2.17. The largest absolute Gasteiger partial charge is 0.416 e. The molecule has 0 aliphatic carbocycles. The van der Waals surface area contributed by atoms with E-state index >= 15 is 0 Å². The molecule has 0 aliphatic rings. The van der Waals surface area contributed by atoms with Gasteiger partial charge in [0.05, 0.1) is 11.1 Å². The second-order valence-electron chi connectivity index (χ2n) is 13.3. The van der Waals surface area contributed by atoms with Gasteiger partial charge in [0, 0.05) is 45.3 Å².